The lowest BCUT2D eigenvalue weighted by Crippen LogP contribution is -2.39. The molecule has 2 aromatic heterocycles. The molecule has 0 radical (unpaired) electrons. The summed E-state index contributed by atoms with van der Waals surface area (Å²) in [6.07, 6.45) is 5.28. The Morgan fingerprint density at radius 3 is 2.48 bits per heavy atom. The molecule has 0 spiro atoms. The Morgan fingerprint density at radius 2 is 1.73 bits per heavy atom. The molecule has 0 atom stereocenters. The molecule has 0 N–H and O–H groups in total. The molecule has 0 bridgehead atoms. The van der Waals surface area contributed by atoms with E-state index in [1.807, 2.05) is 31.2 Å². The highest BCUT2D eigenvalue weighted by Crippen LogP contribution is 2.34. The number of aryl methyl sites for hydroxylation is 3. The summed E-state index contributed by atoms with van der Waals surface area (Å²) in [4.78, 5) is 29.7. The van der Waals surface area contributed by atoms with Gasteiger partial charge in [-0.3, -0.25) is 9.36 Å². The van der Waals surface area contributed by atoms with Crippen molar-refractivity contribution in [2.45, 2.75) is 52.5 Å². The molecule has 1 aliphatic carbocycles. The number of rotatable bonds is 5. The minimum atomic E-state index is -0.295. The number of hydrogen-bond donors (Lipinski definition) is 0. The van der Waals surface area contributed by atoms with Crippen LogP contribution in [-0.4, -0.2) is 15.7 Å². The van der Waals surface area contributed by atoms with Crippen molar-refractivity contribution in [3.8, 4) is 11.4 Å². The molecule has 0 unspecified atom stereocenters. The van der Waals surface area contributed by atoms with Crippen molar-refractivity contribution in [1.29, 1.82) is 0 Å². The van der Waals surface area contributed by atoms with Gasteiger partial charge in [-0.05, 0) is 80.5 Å². The lowest BCUT2D eigenvalue weighted by molar-refractivity contribution is 0.340. The summed E-state index contributed by atoms with van der Waals surface area (Å²) in [5, 5.41) is 0.721. The van der Waals surface area contributed by atoms with E-state index in [0.717, 1.165) is 58.3 Å². The van der Waals surface area contributed by atoms with Gasteiger partial charge in [0.05, 0.1) is 24.2 Å². The number of aromatic nitrogens is 2. The van der Waals surface area contributed by atoms with Crippen molar-refractivity contribution in [2.24, 2.45) is 0 Å². The van der Waals surface area contributed by atoms with Crippen LogP contribution in [-0.2, 0) is 19.4 Å². The van der Waals surface area contributed by atoms with Gasteiger partial charge in [0.25, 0.3) is 5.56 Å². The first-order chi connectivity index (χ1) is 16.1. The molecule has 5 rings (SSSR count). The van der Waals surface area contributed by atoms with E-state index in [1.165, 1.54) is 15.9 Å². The maximum Gasteiger partial charge on any atom is 0.337 e. The summed E-state index contributed by atoms with van der Waals surface area (Å²) in [7, 11) is 0. The molecule has 1 aliphatic rings. The second-order valence-electron chi connectivity index (χ2n) is 8.61. The average Bonchev–Trinajstić information content (AvgIpc) is 3.02. The number of ether oxygens (including phenoxy) is 1. The summed E-state index contributed by atoms with van der Waals surface area (Å²) in [6, 6.07) is 15.3. The first-order valence-corrected chi connectivity index (χ1v) is 12.5. The van der Waals surface area contributed by atoms with Gasteiger partial charge in [0.1, 0.15) is 10.6 Å². The van der Waals surface area contributed by atoms with Crippen LogP contribution in [0.5, 0.6) is 5.75 Å². The second kappa shape index (κ2) is 9.02. The van der Waals surface area contributed by atoms with E-state index in [4.69, 9.17) is 4.74 Å². The SMILES string of the molecule is CCOc1ccc(-n2c(=O)c3c4c(sc3n(Cc3ccccc3C)c2=O)CCCCC4)cc1. The standard InChI is InChI=1S/C27H28N2O3S/c1-3-32-21-15-13-20(14-16-21)29-25(30)24-22-11-5-4-6-12-23(22)33-26(24)28(27(29)31)17-19-10-8-7-9-18(19)2/h7-10,13-16H,3-6,11-12,17H2,1-2H3. The van der Waals surface area contributed by atoms with Gasteiger partial charge in [-0.2, -0.15) is 0 Å². The zero-order valence-corrected chi connectivity index (χ0v) is 19.9. The third kappa shape index (κ3) is 3.93. The predicted octanol–water partition coefficient (Wildman–Crippen LogP) is 5.24. The van der Waals surface area contributed by atoms with Gasteiger partial charge in [0.15, 0.2) is 0 Å². The zero-order chi connectivity index (χ0) is 22.9. The highest BCUT2D eigenvalue weighted by Gasteiger charge is 2.24. The third-order valence-corrected chi connectivity index (χ3v) is 7.80. The molecule has 6 heteroatoms. The van der Waals surface area contributed by atoms with Gasteiger partial charge in [-0.15, -0.1) is 11.3 Å². The molecular formula is C27H28N2O3S. The van der Waals surface area contributed by atoms with Crippen molar-refractivity contribution >= 4 is 21.6 Å². The minimum absolute atomic E-state index is 0.209. The van der Waals surface area contributed by atoms with Crippen molar-refractivity contribution in [1.82, 2.24) is 9.13 Å². The molecule has 4 aromatic rings. The summed E-state index contributed by atoms with van der Waals surface area (Å²) >= 11 is 1.64. The van der Waals surface area contributed by atoms with Crippen molar-refractivity contribution in [3.05, 3.63) is 90.9 Å². The zero-order valence-electron chi connectivity index (χ0n) is 19.1. The molecule has 33 heavy (non-hydrogen) atoms. The van der Waals surface area contributed by atoms with Crippen LogP contribution in [0.4, 0.5) is 0 Å². The van der Waals surface area contributed by atoms with Gasteiger partial charge >= 0.3 is 5.69 Å². The molecule has 0 saturated heterocycles. The molecule has 2 heterocycles. The maximum atomic E-state index is 13.8. The summed E-state index contributed by atoms with van der Waals surface area (Å²) < 4.78 is 8.69. The van der Waals surface area contributed by atoms with Gasteiger partial charge in [0, 0.05) is 4.88 Å². The molecule has 0 amide bonds. The number of thiophene rings is 1. The Balaban J connectivity index is 1.78. The normalized spacial score (nSPS) is 13.6. The molecule has 2 aromatic carbocycles. The van der Waals surface area contributed by atoms with E-state index in [-0.39, 0.29) is 11.2 Å². The monoisotopic (exact) mass is 460 g/mol. The highest BCUT2D eigenvalue weighted by molar-refractivity contribution is 7.18. The van der Waals surface area contributed by atoms with Crippen LogP contribution >= 0.6 is 11.3 Å². The maximum absolute atomic E-state index is 13.8. The van der Waals surface area contributed by atoms with Crippen LogP contribution in [0.2, 0.25) is 0 Å². The fourth-order valence-corrected chi connectivity index (χ4v) is 6.10. The van der Waals surface area contributed by atoms with Crippen LogP contribution in [0.15, 0.2) is 58.1 Å². The van der Waals surface area contributed by atoms with E-state index in [1.54, 1.807) is 28.0 Å². The highest BCUT2D eigenvalue weighted by atomic mass is 32.1. The van der Waals surface area contributed by atoms with Crippen molar-refractivity contribution < 1.29 is 4.74 Å². The van der Waals surface area contributed by atoms with Crippen LogP contribution in [0.1, 0.15) is 47.8 Å². The summed E-state index contributed by atoms with van der Waals surface area (Å²) in [6.45, 7) is 5.00. The summed E-state index contributed by atoms with van der Waals surface area (Å²) in [5.41, 5.74) is 3.44. The molecule has 0 saturated carbocycles. The van der Waals surface area contributed by atoms with E-state index in [2.05, 4.69) is 19.1 Å². The van der Waals surface area contributed by atoms with Gasteiger partial charge < -0.3 is 4.74 Å². The predicted molar refractivity (Wildman–Crippen MR) is 134 cm³/mol. The first kappa shape index (κ1) is 21.7. The summed E-state index contributed by atoms with van der Waals surface area (Å²) in [5.74, 6) is 0.722. The van der Waals surface area contributed by atoms with Crippen LogP contribution in [0.3, 0.4) is 0 Å². The molecule has 170 valence electrons. The van der Waals surface area contributed by atoms with E-state index in [0.29, 0.717) is 18.8 Å². The second-order valence-corrected chi connectivity index (χ2v) is 9.69. The van der Waals surface area contributed by atoms with Crippen molar-refractivity contribution in [3.63, 3.8) is 0 Å². The van der Waals surface area contributed by atoms with Crippen LogP contribution in [0, 0.1) is 6.92 Å². The number of benzene rings is 2. The lowest BCUT2D eigenvalue weighted by atomic mass is 10.1. The topological polar surface area (TPSA) is 53.2 Å². The number of nitrogens with zero attached hydrogens (tertiary/aromatic N) is 2. The quantitative estimate of drug-likeness (QED) is 0.383. The average molecular weight is 461 g/mol. The Kier molecular flexibility index (Phi) is 5.94. The van der Waals surface area contributed by atoms with Gasteiger partial charge in [0.2, 0.25) is 0 Å². The minimum Gasteiger partial charge on any atom is -0.494 e. The van der Waals surface area contributed by atoms with E-state index < -0.39 is 0 Å². The lowest BCUT2D eigenvalue weighted by Gasteiger charge is -2.14. The third-order valence-electron chi connectivity index (χ3n) is 6.48. The Morgan fingerprint density at radius 1 is 0.970 bits per heavy atom. The van der Waals surface area contributed by atoms with E-state index >= 15 is 0 Å². The van der Waals surface area contributed by atoms with E-state index in [9.17, 15) is 9.59 Å². The molecular weight excluding hydrogens is 432 g/mol. The van der Waals surface area contributed by atoms with Gasteiger partial charge in [-0.1, -0.05) is 30.7 Å². The smallest absolute Gasteiger partial charge is 0.337 e. The Hall–Kier alpha value is -3.12. The molecule has 0 aliphatic heterocycles. The van der Waals surface area contributed by atoms with Crippen LogP contribution in [0.25, 0.3) is 15.9 Å². The van der Waals surface area contributed by atoms with Crippen LogP contribution < -0.4 is 16.0 Å². The first-order valence-electron chi connectivity index (χ1n) is 11.7. The Bertz CT molecular complexity index is 1430. The largest absolute Gasteiger partial charge is 0.494 e. The van der Waals surface area contributed by atoms with Gasteiger partial charge in [-0.25, -0.2) is 9.36 Å². The van der Waals surface area contributed by atoms with Crippen molar-refractivity contribution in [2.75, 3.05) is 6.61 Å². The fraction of sp³-hybridized carbons (Fsp3) is 0.333. The fourth-order valence-electron chi connectivity index (χ4n) is 4.73. The number of fused-ring (bicyclic) bond motifs is 3. The number of hydrogen-bond acceptors (Lipinski definition) is 4. The Labute approximate surface area is 196 Å². The molecule has 5 nitrogen and oxygen atoms in total. The molecule has 0 fully saturated rings.